The lowest BCUT2D eigenvalue weighted by atomic mass is 10.1. The van der Waals surface area contributed by atoms with Gasteiger partial charge in [-0.05, 0) is 6.42 Å². The summed E-state index contributed by atoms with van der Waals surface area (Å²) < 4.78 is 4.52. The minimum atomic E-state index is -1.09. The zero-order valence-corrected chi connectivity index (χ0v) is 7.10. The van der Waals surface area contributed by atoms with Crippen LogP contribution in [0.5, 0.6) is 0 Å². The van der Waals surface area contributed by atoms with Gasteiger partial charge in [-0.2, -0.15) is 0 Å². The summed E-state index contributed by atoms with van der Waals surface area (Å²) in [5.74, 6) is -2.61. The summed E-state index contributed by atoms with van der Waals surface area (Å²) in [4.78, 5) is 21.0. The van der Waals surface area contributed by atoms with E-state index in [9.17, 15) is 9.59 Å². The second-order valence-corrected chi connectivity index (χ2v) is 2.38. The molecule has 0 heterocycles. The molecule has 0 bridgehead atoms. The summed E-state index contributed by atoms with van der Waals surface area (Å²) in [5.41, 5.74) is 0. The van der Waals surface area contributed by atoms with Crippen molar-refractivity contribution in [2.75, 3.05) is 13.2 Å². The van der Waals surface area contributed by atoms with Crippen LogP contribution < -0.4 is 0 Å². The Morgan fingerprint density at radius 1 is 1.54 bits per heavy atom. The second kappa shape index (κ2) is 6.19. The zero-order valence-electron chi connectivity index (χ0n) is 7.10. The van der Waals surface area contributed by atoms with E-state index in [1.54, 1.807) is 0 Å². The third-order valence-electron chi connectivity index (χ3n) is 1.42. The van der Waals surface area contributed by atoms with Crippen LogP contribution in [0.2, 0.25) is 0 Å². The lowest BCUT2D eigenvalue weighted by Gasteiger charge is -2.09. The van der Waals surface area contributed by atoms with E-state index in [0.717, 1.165) is 6.08 Å². The highest BCUT2D eigenvalue weighted by atomic mass is 16.5. The number of carbonyl (C=O) groups excluding carboxylic acids is 1. The lowest BCUT2D eigenvalue weighted by molar-refractivity contribution is -0.148. The van der Waals surface area contributed by atoms with Gasteiger partial charge in [0, 0.05) is 12.7 Å². The average Bonchev–Trinajstić information content (AvgIpc) is 2.11. The van der Waals surface area contributed by atoms with Crippen LogP contribution in [-0.4, -0.2) is 35.4 Å². The lowest BCUT2D eigenvalue weighted by Crippen LogP contribution is -2.22. The Balaban J connectivity index is 3.88. The van der Waals surface area contributed by atoms with Gasteiger partial charge in [-0.15, -0.1) is 0 Å². The van der Waals surface area contributed by atoms with Crippen LogP contribution in [0.4, 0.5) is 0 Å². The molecule has 1 unspecified atom stereocenters. The monoisotopic (exact) mass is 188 g/mol. The van der Waals surface area contributed by atoms with Crippen LogP contribution in [0.15, 0.2) is 12.7 Å². The molecule has 0 saturated carbocycles. The van der Waals surface area contributed by atoms with E-state index < -0.39 is 17.9 Å². The van der Waals surface area contributed by atoms with Gasteiger partial charge in [0.25, 0.3) is 0 Å². The number of aliphatic hydroxyl groups excluding tert-OH is 1. The maximum absolute atomic E-state index is 10.5. The molecule has 0 spiro atoms. The van der Waals surface area contributed by atoms with Crippen molar-refractivity contribution in [1.82, 2.24) is 0 Å². The number of carbonyl (C=O) groups is 2. The molecule has 5 nitrogen and oxygen atoms in total. The van der Waals surface area contributed by atoms with Crippen molar-refractivity contribution in [1.29, 1.82) is 0 Å². The molecule has 0 aliphatic carbocycles. The molecule has 1 atom stereocenters. The molecule has 13 heavy (non-hydrogen) atoms. The Kier molecular flexibility index (Phi) is 5.54. The first-order valence-electron chi connectivity index (χ1n) is 3.74. The third kappa shape index (κ3) is 4.97. The van der Waals surface area contributed by atoms with Crippen LogP contribution >= 0.6 is 0 Å². The number of aliphatic hydroxyl groups is 1. The summed E-state index contributed by atoms with van der Waals surface area (Å²) in [5, 5.41) is 17.0. The van der Waals surface area contributed by atoms with Gasteiger partial charge in [0.05, 0.1) is 5.92 Å². The van der Waals surface area contributed by atoms with E-state index in [2.05, 4.69) is 11.3 Å². The molecule has 0 aliphatic heterocycles. The van der Waals surface area contributed by atoms with Gasteiger partial charge >= 0.3 is 11.9 Å². The van der Waals surface area contributed by atoms with Gasteiger partial charge in [-0.1, -0.05) is 6.58 Å². The zero-order chi connectivity index (χ0) is 10.3. The topological polar surface area (TPSA) is 83.8 Å². The average molecular weight is 188 g/mol. The van der Waals surface area contributed by atoms with Gasteiger partial charge in [0.15, 0.2) is 0 Å². The number of hydrogen-bond donors (Lipinski definition) is 2. The Bertz CT molecular complexity index is 199. The van der Waals surface area contributed by atoms with E-state index in [1.807, 2.05) is 0 Å². The molecule has 2 N–H and O–H groups in total. The smallest absolute Gasteiger partial charge is 0.330 e. The van der Waals surface area contributed by atoms with E-state index in [1.165, 1.54) is 0 Å². The molecular formula is C8H12O5. The number of ether oxygens (including phenoxy) is 1. The molecule has 0 radical (unpaired) electrons. The van der Waals surface area contributed by atoms with Gasteiger partial charge < -0.3 is 14.9 Å². The van der Waals surface area contributed by atoms with Gasteiger partial charge in [-0.25, -0.2) is 4.79 Å². The van der Waals surface area contributed by atoms with E-state index >= 15 is 0 Å². The van der Waals surface area contributed by atoms with Crippen LogP contribution in [-0.2, 0) is 14.3 Å². The number of rotatable bonds is 6. The molecule has 0 amide bonds. The molecule has 0 aromatic heterocycles. The normalized spacial score (nSPS) is 11.8. The molecule has 0 aliphatic rings. The SMILES string of the molecule is C=CC(=O)OCC(CCO)C(=O)O. The first-order valence-corrected chi connectivity index (χ1v) is 3.74. The predicted molar refractivity (Wildman–Crippen MR) is 44.0 cm³/mol. The van der Waals surface area contributed by atoms with Crippen molar-refractivity contribution in [3.63, 3.8) is 0 Å². The fraction of sp³-hybridized carbons (Fsp3) is 0.500. The first kappa shape index (κ1) is 11.6. The molecule has 74 valence electrons. The Labute approximate surface area is 75.6 Å². The molecule has 0 aromatic carbocycles. The number of carboxylic acids is 1. The fourth-order valence-electron chi connectivity index (χ4n) is 0.676. The van der Waals surface area contributed by atoms with Gasteiger partial charge in [-0.3, -0.25) is 4.79 Å². The van der Waals surface area contributed by atoms with Crippen LogP contribution in [0.1, 0.15) is 6.42 Å². The Morgan fingerprint density at radius 2 is 2.15 bits per heavy atom. The minimum Gasteiger partial charge on any atom is -0.481 e. The Hall–Kier alpha value is -1.36. The van der Waals surface area contributed by atoms with Gasteiger partial charge in [0.2, 0.25) is 0 Å². The summed E-state index contributed by atoms with van der Waals surface area (Å²) in [6.07, 6.45) is 1.03. The third-order valence-corrected chi connectivity index (χ3v) is 1.42. The second-order valence-electron chi connectivity index (χ2n) is 2.38. The largest absolute Gasteiger partial charge is 0.481 e. The van der Waals surface area contributed by atoms with Crippen molar-refractivity contribution >= 4 is 11.9 Å². The van der Waals surface area contributed by atoms with E-state index in [0.29, 0.717) is 0 Å². The first-order chi connectivity index (χ1) is 6.11. The van der Waals surface area contributed by atoms with Crippen molar-refractivity contribution in [2.45, 2.75) is 6.42 Å². The van der Waals surface area contributed by atoms with Crippen LogP contribution in [0.3, 0.4) is 0 Å². The van der Waals surface area contributed by atoms with Crippen molar-refractivity contribution in [3.8, 4) is 0 Å². The molecule has 5 heteroatoms. The summed E-state index contributed by atoms with van der Waals surface area (Å²) in [7, 11) is 0. The number of esters is 1. The quantitative estimate of drug-likeness (QED) is 0.445. The van der Waals surface area contributed by atoms with Crippen molar-refractivity contribution in [2.24, 2.45) is 5.92 Å². The minimum absolute atomic E-state index is 0.0692. The van der Waals surface area contributed by atoms with Crippen LogP contribution in [0, 0.1) is 5.92 Å². The number of aliphatic carboxylic acids is 1. The summed E-state index contributed by atoms with van der Waals surface area (Å²) >= 11 is 0. The Morgan fingerprint density at radius 3 is 2.54 bits per heavy atom. The highest BCUT2D eigenvalue weighted by Gasteiger charge is 2.18. The summed E-state index contributed by atoms with van der Waals surface area (Å²) in [6.45, 7) is 2.68. The highest BCUT2D eigenvalue weighted by Crippen LogP contribution is 2.03. The maximum atomic E-state index is 10.5. The fourth-order valence-corrected chi connectivity index (χ4v) is 0.676. The summed E-state index contributed by atoms with van der Waals surface area (Å²) in [6, 6.07) is 0. The molecule has 0 aromatic rings. The van der Waals surface area contributed by atoms with Crippen LogP contribution in [0.25, 0.3) is 0 Å². The van der Waals surface area contributed by atoms with Crippen molar-refractivity contribution < 1.29 is 24.5 Å². The predicted octanol–water partition coefficient (Wildman–Crippen LogP) is -0.201. The standard InChI is InChI=1S/C8H12O5/c1-2-7(10)13-5-6(3-4-9)8(11)12/h2,6,9H,1,3-5H2,(H,11,12). The molecular weight excluding hydrogens is 176 g/mol. The molecule has 0 rings (SSSR count). The van der Waals surface area contributed by atoms with E-state index in [-0.39, 0.29) is 19.6 Å². The van der Waals surface area contributed by atoms with E-state index in [4.69, 9.17) is 10.2 Å². The molecule has 0 fully saturated rings. The number of hydrogen-bond acceptors (Lipinski definition) is 4. The maximum Gasteiger partial charge on any atom is 0.330 e. The van der Waals surface area contributed by atoms with Crippen molar-refractivity contribution in [3.05, 3.63) is 12.7 Å². The number of carboxylic acid groups (broad SMARTS) is 1. The highest BCUT2D eigenvalue weighted by molar-refractivity contribution is 5.81. The molecule has 0 saturated heterocycles. The van der Waals surface area contributed by atoms with Gasteiger partial charge in [0.1, 0.15) is 6.61 Å².